The minimum absolute atomic E-state index is 0.161. The van der Waals surface area contributed by atoms with Crippen LogP contribution in [0.2, 0.25) is 0 Å². The van der Waals surface area contributed by atoms with E-state index in [-0.39, 0.29) is 5.54 Å². The van der Waals surface area contributed by atoms with Crippen LogP contribution in [0.25, 0.3) is 0 Å². The molecule has 0 bridgehead atoms. The fourth-order valence-corrected chi connectivity index (χ4v) is 3.01. The maximum absolute atomic E-state index is 5.19. The number of ether oxygens (including phenoxy) is 1. The summed E-state index contributed by atoms with van der Waals surface area (Å²) in [4.78, 5) is 4.66. The summed E-state index contributed by atoms with van der Waals surface area (Å²) < 4.78 is 5.19. The van der Waals surface area contributed by atoms with Gasteiger partial charge in [-0.3, -0.25) is 10.3 Å². The molecule has 1 fully saturated rings. The van der Waals surface area contributed by atoms with Crippen molar-refractivity contribution in [3.8, 4) is 5.75 Å². The highest BCUT2D eigenvalue weighted by atomic mass is 16.5. The van der Waals surface area contributed by atoms with E-state index in [1.54, 1.807) is 7.11 Å². The quantitative estimate of drug-likeness (QED) is 0.846. The van der Waals surface area contributed by atoms with Gasteiger partial charge in [0.05, 0.1) is 25.0 Å². The van der Waals surface area contributed by atoms with Gasteiger partial charge in [-0.25, -0.2) is 0 Å². The molecule has 0 radical (unpaired) electrons. The van der Waals surface area contributed by atoms with Crippen LogP contribution in [-0.4, -0.2) is 25.0 Å². The van der Waals surface area contributed by atoms with E-state index >= 15 is 0 Å². The molecule has 0 unspecified atom stereocenters. The van der Waals surface area contributed by atoms with Gasteiger partial charge < -0.3 is 4.74 Å². The Morgan fingerprint density at radius 1 is 1.18 bits per heavy atom. The summed E-state index contributed by atoms with van der Waals surface area (Å²) in [5, 5.41) is 3.57. The lowest BCUT2D eigenvalue weighted by Gasteiger charge is -2.26. The van der Waals surface area contributed by atoms with Crippen molar-refractivity contribution in [3.63, 3.8) is 0 Å². The Balaban J connectivity index is 1.92. The summed E-state index contributed by atoms with van der Waals surface area (Å²) in [5.74, 6) is 0.903. The predicted octanol–water partition coefficient (Wildman–Crippen LogP) is 2.36. The van der Waals surface area contributed by atoms with E-state index in [4.69, 9.17) is 4.74 Å². The molecule has 3 nitrogen and oxygen atoms in total. The van der Waals surface area contributed by atoms with Crippen molar-refractivity contribution < 1.29 is 4.74 Å². The number of nitrogens with zero attached hydrogens (tertiary/aromatic N) is 1. The summed E-state index contributed by atoms with van der Waals surface area (Å²) in [5.41, 5.74) is 2.64. The Bertz CT molecular complexity index is 430. The van der Waals surface area contributed by atoms with Gasteiger partial charge >= 0.3 is 0 Å². The van der Waals surface area contributed by atoms with E-state index in [0.717, 1.165) is 12.4 Å². The molecule has 1 N–H and O–H groups in total. The summed E-state index contributed by atoms with van der Waals surface area (Å²) >= 11 is 0. The Morgan fingerprint density at radius 2 is 1.88 bits per heavy atom. The van der Waals surface area contributed by atoms with Gasteiger partial charge in [0.15, 0.2) is 0 Å². The maximum Gasteiger partial charge on any atom is 0.118 e. The first kappa shape index (κ1) is 10.8. The fourth-order valence-electron chi connectivity index (χ4n) is 3.01. The molecule has 17 heavy (non-hydrogen) atoms. The second-order valence-electron chi connectivity index (χ2n) is 4.86. The van der Waals surface area contributed by atoms with Crippen LogP contribution in [0, 0.1) is 0 Å². The zero-order valence-electron chi connectivity index (χ0n) is 10.2. The molecule has 1 aliphatic carbocycles. The second kappa shape index (κ2) is 4.15. The van der Waals surface area contributed by atoms with Crippen molar-refractivity contribution in [1.29, 1.82) is 0 Å². The molecule has 0 aromatic heterocycles. The number of aliphatic imine (C=N–C) groups is 1. The molecule has 1 aromatic carbocycles. The Kier molecular flexibility index (Phi) is 2.63. The van der Waals surface area contributed by atoms with Gasteiger partial charge in [-0.15, -0.1) is 0 Å². The normalized spacial score (nSPS) is 21.8. The molecule has 1 aliphatic heterocycles. The predicted molar refractivity (Wildman–Crippen MR) is 68.7 cm³/mol. The summed E-state index contributed by atoms with van der Waals surface area (Å²) in [6, 6.07) is 8.26. The van der Waals surface area contributed by atoms with Gasteiger partial charge in [-0.1, -0.05) is 12.8 Å². The van der Waals surface area contributed by atoms with Gasteiger partial charge in [-0.2, -0.15) is 0 Å². The molecule has 0 atom stereocenters. The number of hydrogen-bond acceptors (Lipinski definition) is 3. The van der Waals surface area contributed by atoms with Crippen LogP contribution in [0.15, 0.2) is 29.3 Å². The minimum atomic E-state index is 0.161. The van der Waals surface area contributed by atoms with Gasteiger partial charge in [0, 0.05) is 0 Å². The van der Waals surface area contributed by atoms with Gasteiger partial charge in [0.2, 0.25) is 0 Å². The molecule has 1 heterocycles. The summed E-state index contributed by atoms with van der Waals surface area (Å²) in [6.45, 7) is 0.765. The third-order valence-electron chi connectivity index (χ3n) is 3.93. The van der Waals surface area contributed by atoms with Crippen molar-refractivity contribution in [3.05, 3.63) is 29.8 Å². The highest BCUT2D eigenvalue weighted by molar-refractivity contribution is 6.08. The Labute approximate surface area is 102 Å². The van der Waals surface area contributed by atoms with E-state index < -0.39 is 0 Å². The second-order valence-corrected chi connectivity index (χ2v) is 4.86. The minimum Gasteiger partial charge on any atom is -0.497 e. The average molecular weight is 230 g/mol. The molecule has 90 valence electrons. The standard InChI is InChI=1S/C14H18N2O/c1-17-12-6-4-11(5-7-12)13-14(16-10-15-13)8-2-3-9-14/h4-7,16H,2-3,8-10H2,1H3. The first-order chi connectivity index (χ1) is 8.34. The van der Waals surface area contributed by atoms with Gasteiger partial charge in [-0.05, 0) is 42.7 Å². The highest BCUT2D eigenvalue weighted by Crippen LogP contribution is 2.35. The number of methoxy groups -OCH3 is 1. The fraction of sp³-hybridized carbons (Fsp3) is 0.500. The number of benzene rings is 1. The van der Waals surface area contributed by atoms with E-state index in [0.29, 0.717) is 0 Å². The molecule has 1 saturated carbocycles. The third-order valence-corrected chi connectivity index (χ3v) is 3.93. The van der Waals surface area contributed by atoms with Crippen LogP contribution in [0.3, 0.4) is 0 Å². The van der Waals surface area contributed by atoms with E-state index in [9.17, 15) is 0 Å². The highest BCUT2D eigenvalue weighted by Gasteiger charge is 2.41. The molecule has 0 saturated heterocycles. The van der Waals surface area contributed by atoms with Crippen LogP contribution in [0.1, 0.15) is 31.2 Å². The average Bonchev–Trinajstić information content (AvgIpc) is 3.01. The molecular weight excluding hydrogens is 212 g/mol. The lowest BCUT2D eigenvalue weighted by Crippen LogP contribution is -2.45. The van der Waals surface area contributed by atoms with Crippen LogP contribution in [-0.2, 0) is 0 Å². The molecule has 2 aliphatic rings. The number of nitrogens with one attached hydrogen (secondary N) is 1. The van der Waals surface area contributed by atoms with Crippen LogP contribution >= 0.6 is 0 Å². The maximum atomic E-state index is 5.19. The molecule has 1 spiro atoms. The van der Waals surface area contributed by atoms with Crippen LogP contribution in [0.5, 0.6) is 5.75 Å². The SMILES string of the molecule is COc1ccc(C2=NCNC23CCCC3)cc1. The molecule has 0 amide bonds. The lowest BCUT2D eigenvalue weighted by molar-refractivity contribution is 0.414. The lowest BCUT2D eigenvalue weighted by atomic mass is 9.88. The van der Waals surface area contributed by atoms with E-state index in [1.807, 2.05) is 12.1 Å². The summed E-state index contributed by atoms with van der Waals surface area (Å²) in [7, 11) is 1.70. The monoisotopic (exact) mass is 230 g/mol. The van der Waals surface area contributed by atoms with E-state index in [2.05, 4.69) is 22.4 Å². The van der Waals surface area contributed by atoms with Crippen molar-refractivity contribution in [1.82, 2.24) is 5.32 Å². The van der Waals surface area contributed by atoms with Crippen molar-refractivity contribution >= 4 is 5.71 Å². The molecule has 3 rings (SSSR count). The van der Waals surface area contributed by atoms with Crippen LogP contribution in [0.4, 0.5) is 0 Å². The molecule has 3 heteroatoms. The van der Waals surface area contributed by atoms with Crippen LogP contribution < -0.4 is 10.1 Å². The van der Waals surface area contributed by atoms with Crippen molar-refractivity contribution in [2.75, 3.05) is 13.8 Å². The van der Waals surface area contributed by atoms with Crippen molar-refractivity contribution in [2.24, 2.45) is 4.99 Å². The zero-order chi connectivity index (χ0) is 11.7. The zero-order valence-corrected chi connectivity index (χ0v) is 10.2. The Hall–Kier alpha value is -1.35. The summed E-state index contributed by atoms with van der Waals surface area (Å²) in [6.07, 6.45) is 5.06. The van der Waals surface area contributed by atoms with Gasteiger partial charge in [0.25, 0.3) is 0 Å². The molecular formula is C14H18N2O. The van der Waals surface area contributed by atoms with Gasteiger partial charge in [0.1, 0.15) is 5.75 Å². The Morgan fingerprint density at radius 3 is 2.53 bits per heavy atom. The topological polar surface area (TPSA) is 33.6 Å². The largest absolute Gasteiger partial charge is 0.497 e. The molecule has 1 aromatic rings. The first-order valence-corrected chi connectivity index (χ1v) is 6.28. The van der Waals surface area contributed by atoms with Crippen molar-refractivity contribution in [2.45, 2.75) is 31.2 Å². The smallest absolute Gasteiger partial charge is 0.118 e. The first-order valence-electron chi connectivity index (χ1n) is 6.28. The third kappa shape index (κ3) is 1.75. The number of rotatable bonds is 2. The van der Waals surface area contributed by atoms with E-state index in [1.165, 1.54) is 37.0 Å². The number of hydrogen-bond donors (Lipinski definition) is 1.